The first kappa shape index (κ1) is 14.1. The first-order chi connectivity index (χ1) is 10.1. The lowest BCUT2D eigenvalue weighted by molar-refractivity contribution is 1.18. The molecule has 3 rings (SSSR count). The summed E-state index contributed by atoms with van der Waals surface area (Å²) in [6.45, 7) is 1.96. The number of aryl methyl sites for hydroxylation is 1. The minimum absolute atomic E-state index is 0.413. The van der Waals surface area contributed by atoms with Crippen molar-refractivity contribution in [1.82, 2.24) is 9.97 Å². The van der Waals surface area contributed by atoms with E-state index >= 15 is 0 Å². The third kappa shape index (κ3) is 3.07. The first-order valence-electron chi connectivity index (χ1n) is 6.50. The van der Waals surface area contributed by atoms with Gasteiger partial charge in [0.15, 0.2) is 5.82 Å². The highest BCUT2D eigenvalue weighted by atomic mass is 35.5. The molecule has 2 aromatic carbocycles. The zero-order chi connectivity index (χ0) is 14.8. The normalized spacial score (nSPS) is 10.6. The Morgan fingerprint density at radius 2 is 1.57 bits per heavy atom. The van der Waals surface area contributed by atoms with Gasteiger partial charge in [-0.3, -0.25) is 0 Å². The van der Waals surface area contributed by atoms with Gasteiger partial charge in [-0.1, -0.05) is 65.7 Å². The molecule has 0 amide bonds. The van der Waals surface area contributed by atoms with E-state index < -0.39 is 0 Å². The van der Waals surface area contributed by atoms with Crippen LogP contribution < -0.4 is 0 Å². The average Bonchev–Trinajstić information content (AvgIpc) is 2.50. The Hall–Kier alpha value is -1.90. The molecule has 1 heterocycles. The van der Waals surface area contributed by atoms with Crippen LogP contribution in [0.15, 0.2) is 54.6 Å². The molecule has 21 heavy (non-hydrogen) atoms. The molecular formula is C17H12Cl2N2. The van der Waals surface area contributed by atoms with Crippen molar-refractivity contribution in [3.05, 3.63) is 70.3 Å². The van der Waals surface area contributed by atoms with E-state index in [1.807, 2.05) is 55.5 Å². The van der Waals surface area contributed by atoms with Gasteiger partial charge < -0.3 is 0 Å². The van der Waals surface area contributed by atoms with E-state index in [1.54, 1.807) is 6.07 Å². The lowest BCUT2D eigenvalue weighted by Crippen LogP contribution is -1.93. The number of aromatic nitrogens is 2. The molecule has 4 heteroatoms. The molecule has 0 saturated heterocycles. The molecule has 0 fully saturated rings. The molecule has 0 saturated carbocycles. The summed E-state index contributed by atoms with van der Waals surface area (Å²) in [6, 6.07) is 17.4. The molecule has 2 nitrogen and oxygen atoms in total. The summed E-state index contributed by atoms with van der Waals surface area (Å²) in [5, 5.41) is 1.10. The maximum absolute atomic E-state index is 6.17. The Labute approximate surface area is 133 Å². The zero-order valence-corrected chi connectivity index (χ0v) is 12.9. The van der Waals surface area contributed by atoms with Gasteiger partial charge in [-0.25, -0.2) is 9.97 Å². The van der Waals surface area contributed by atoms with Gasteiger partial charge in [0.2, 0.25) is 0 Å². The molecule has 104 valence electrons. The quantitative estimate of drug-likeness (QED) is 0.590. The molecule has 0 unspecified atom stereocenters. The van der Waals surface area contributed by atoms with Crippen LogP contribution in [0, 0.1) is 6.92 Å². The number of hydrogen-bond donors (Lipinski definition) is 0. The Morgan fingerprint density at radius 1 is 0.810 bits per heavy atom. The summed E-state index contributed by atoms with van der Waals surface area (Å²) in [5.41, 5.74) is 3.67. The molecule has 0 aliphatic rings. The van der Waals surface area contributed by atoms with E-state index in [9.17, 15) is 0 Å². The van der Waals surface area contributed by atoms with Crippen LogP contribution in [0.1, 0.15) is 5.56 Å². The zero-order valence-electron chi connectivity index (χ0n) is 11.3. The molecule has 0 atom stereocenters. The minimum atomic E-state index is 0.413. The summed E-state index contributed by atoms with van der Waals surface area (Å²) >= 11 is 12.3. The highest BCUT2D eigenvalue weighted by Gasteiger charge is 2.08. The molecule has 0 aliphatic heterocycles. The maximum Gasteiger partial charge on any atom is 0.161 e. The fraction of sp³-hybridized carbons (Fsp3) is 0.0588. The molecule has 0 aliphatic carbocycles. The largest absolute Gasteiger partial charge is 0.228 e. The maximum atomic E-state index is 6.17. The van der Waals surface area contributed by atoms with Gasteiger partial charge in [0.05, 0.1) is 5.69 Å². The van der Waals surface area contributed by atoms with Gasteiger partial charge in [0.25, 0.3) is 0 Å². The van der Waals surface area contributed by atoms with Crippen LogP contribution in [0.4, 0.5) is 0 Å². The van der Waals surface area contributed by atoms with Gasteiger partial charge >= 0.3 is 0 Å². The molecule has 3 aromatic rings. The van der Waals surface area contributed by atoms with Crippen molar-refractivity contribution >= 4 is 23.2 Å². The highest BCUT2D eigenvalue weighted by Crippen LogP contribution is 2.27. The van der Waals surface area contributed by atoms with E-state index in [4.69, 9.17) is 23.2 Å². The standard InChI is InChI=1S/C17H12Cl2N2/c1-11-7-8-13(9-14(11)18)17-20-15(10-16(19)21-17)12-5-3-2-4-6-12/h2-10H,1H3. The summed E-state index contributed by atoms with van der Waals surface area (Å²) in [6.07, 6.45) is 0. The van der Waals surface area contributed by atoms with Crippen molar-refractivity contribution in [2.24, 2.45) is 0 Å². The number of nitrogens with zero attached hydrogens (tertiary/aromatic N) is 2. The Bertz CT molecular complexity index is 786. The average molecular weight is 315 g/mol. The summed E-state index contributed by atoms with van der Waals surface area (Å²) in [4.78, 5) is 8.89. The van der Waals surface area contributed by atoms with E-state index in [1.165, 1.54) is 0 Å². The summed E-state index contributed by atoms with van der Waals surface area (Å²) in [7, 11) is 0. The minimum Gasteiger partial charge on any atom is -0.228 e. The van der Waals surface area contributed by atoms with E-state index in [0.29, 0.717) is 16.0 Å². The monoisotopic (exact) mass is 314 g/mol. The van der Waals surface area contributed by atoms with E-state index in [-0.39, 0.29) is 0 Å². The van der Waals surface area contributed by atoms with Crippen molar-refractivity contribution in [1.29, 1.82) is 0 Å². The second-order valence-electron chi connectivity index (χ2n) is 4.73. The lowest BCUT2D eigenvalue weighted by atomic mass is 10.1. The second-order valence-corrected chi connectivity index (χ2v) is 5.52. The van der Waals surface area contributed by atoms with Crippen molar-refractivity contribution in [3.63, 3.8) is 0 Å². The predicted molar refractivity (Wildman–Crippen MR) is 87.7 cm³/mol. The number of hydrogen-bond acceptors (Lipinski definition) is 2. The van der Waals surface area contributed by atoms with Crippen LogP contribution in [-0.2, 0) is 0 Å². The van der Waals surface area contributed by atoms with Crippen LogP contribution >= 0.6 is 23.2 Å². The molecule has 0 radical (unpaired) electrons. The number of rotatable bonds is 2. The van der Waals surface area contributed by atoms with Crippen molar-refractivity contribution in [2.75, 3.05) is 0 Å². The molecule has 0 spiro atoms. The van der Waals surface area contributed by atoms with Crippen LogP contribution in [0.3, 0.4) is 0 Å². The SMILES string of the molecule is Cc1ccc(-c2nc(Cl)cc(-c3ccccc3)n2)cc1Cl. The van der Waals surface area contributed by atoms with Crippen molar-refractivity contribution in [2.45, 2.75) is 6.92 Å². The van der Waals surface area contributed by atoms with Crippen LogP contribution in [0.25, 0.3) is 22.6 Å². The van der Waals surface area contributed by atoms with Gasteiger partial charge in [-0.15, -0.1) is 0 Å². The molecule has 0 N–H and O–H groups in total. The Kier molecular flexibility index (Phi) is 3.91. The third-order valence-corrected chi connectivity index (χ3v) is 3.80. The summed E-state index contributed by atoms with van der Waals surface area (Å²) in [5.74, 6) is 0.572. The van der Waals surface area contributed by atoms with Gasteiger partial charge in [0, 0.05) is 22.2 Å². The Morgan fingerprint density at radius 3 is 2.29 bits per heavy atom. The van der Waals surface area contributed by atoms with Gasteiger partial charge in [-0.2, -0.15) is 0 Å². The predicted octanol–water partition coefficient (Wildman–Crippen LogP) is 5.43. The lowest BCUT2D eigenvalue weighted by Gasteiger charge is -2.07. The van der Waals surface area contributed by atoms with Crippen molar-refractivity contribution in [3.8, 4) is 22.6 Å². The second kappa shape index (κ2) is 5.84. The van der Waals surface area contributed by atoms with E-state index in [2.05, 4.69) is 9.97 Å². The van der Waals surface area contributed by atoms with Crippen LogP contribution in [-0.4, -0.2) is 9.97 Å². The topological polar surface area (TPSA) is 25.8 Å². The van der Waals surface area contributed by atoms with E-state index in [0.717, 1.165) is 22.4 Å². The van der Waals surface area contributed by atoms with Gasteiger partial charge in [-0.05, 0) is 18.6 Å². The smallest absolute Gasteiger partial charge is 0.161 e. The fourth-order valence-electron chi connectivity index (χ4n) is 2.04. The fourth-order valence-corrected chi connectivity index (χ4v) is 2.40. The summed E-state index contributed by atoms with van der Waals surface area (Å²) < 4.78 is 0. The van der Waals surface area contributed by atoms with Gasteiger partial charge in [0.1, 0.15) is 5.15 Å². The third-order valence-electron chi connectivity index (χ3n) is 3.19. The van der Waals surface area contributed by atoms with Crippen LogP contribution in [0.5, 0.6) is 0 Å². The molecular weight excluding hydrogens is 303 g/mol. The highest BCUT2D eigenvalue weighted by molar-refractivity contribution is 6.31. The Balaban J connectivity index is 2.11. The number of halogens is 2. The molecule has 0 bridgehead atoms. The van der Waals surface area contributed by atoms with Crippen molar-refractivity contribution < 1.29 is 0 Å². The molecule has 1 aromatic heterocycles. The first-order valence-corrected chi connectivity index (χ1v) is 7.25. The number of benzene rings is 2. The van der Waals surface area contributed by atoms with Crippen LogP contribution in [0.2, 0.25) is 10.2 Å².